The molecule has 1 aliphatic carbocycles. The van der Waals surface area contributed by atoms with Crippen molar-refractivity contribution in [1.82, 2.24) is 0 Å². The number of phenols is 2. The second-order valence-corrected chi connectivity index (χ2v) is 4.22. The fraction of sp³-hybridized carbons (Fsp3) is 0.333. The Morgan fingerprint density at radius 3 is 1.39 bits per heavy atom. The minimum absolute atomic E-state index is 0.321. The SMILES string of the molecule is O=C(O)c1c(O)c(O)c(C(=O)O)c2c1CCCC2. The molecule has 0 atom stereocenters. The average Bonchev–Trinajstić information content (AvgIpc) is 2.29. The van der Waals surface area contributed by atoms with Gasteiger partial charge in [0.1, 0.15) is 11.1 Å². The largest absolute Gasteiger partial charge is 0.504 e. The Kier molecular flexibility index (Phi) is 2.86. The van der Waals surface area contributed by atoms with Gasteiger partial charge in [-0.25, -0.2) is 9.59 Å². The first kappa shape index (κ1) is 12.2. The van der Waals surface area contributed by atoms with Gasteiger partial charge < -0.3 is 20.4 Å². The molecule has 0 spiro atoms. The highest BCUT2D eigenvalue weighted by molar-refractivity contribution is 6.00. The fourth-order valence-electron chi connectivity index (χ4n) is 2.44. The molecule has 0 aromatic heterocycles. The molecular formula is C12H12O6. The predicted molar refractivity (Wildman–Crippen MR) is 60.3 cm³/mol. The molecule has 1 aromatic carbocycles. The van der Waals surface area contributed by atoms with Gasteiger partial charge in [0.2, 0.25) is 0 Å². The Labute approximate surface area is 102 Å². The van der Waals surface area contributed by atoms with Gasteiger partial charge in [0.15, 0.2) is 11.5 Å². The Morgan fingerprint density at radius 2 is 1.11 bits per heavy atom. The number of benzene rings is 1. The van der Waals surface area contributed by atoms with Crippen LogP contribution in [0.15, 0.2) is 0 Å². The molecule has 6 heteroatoms. The fourth-order valence-corrected chi connectivity index (χ4v) is 2.44. The van der Waals surface area contributed by atoms with Gasteiger partial charge in [-0.15, -0.1) is 0 Å². The molecule has 6 nitrogen and oxygen atoms in total. The van der Waals surface area contributed by atoms with Gasteiger partial charge in [-0.2, -0.15) is 0 Å². The Balaban J connectivity index is 2.85. The monoisotopic (exact) mass is 252 g/mol. The van der Waals surface area contributed by atoms with E-state index in [0.717, 1.165) is 12.8 Å². The molecule has 1 aromatic rings. The summed E-state index contributed by atoms with van der Waals surface area (Å²) in [6, 6.07) is 0. The van der Waals surface area contributed by atoms with Crippen LogP contribution >= 0.6 is 0 Å². The van der Waals surface area contributed by atoms with Gasteiger partial charge in [0.25, 0.3) is 0 Å². The maximum absolute atomic E-state index is 11.1. The Morgan fingerprint density at radius 1 is 0.778 bits per heavy atom. The number of rotatable bonds is 2. The predicted octanol–water partition coefficient (Wildman–Crippen LogP) is 1.37. The van der Waals surface area contributed by atoms with Crippen molar-refractivity contribution in [3.8, 4) is 11.5 Å². The number of aromatic hydroxyl groups is 2. The molecule has 0 amide bonds. The number of hydrogen-bond acceptors (Lipinski definition) is 4. The maximum Gasteiger partial charge on any atom is 0.339 e. The van der Waals surface area contributed by atoms with Crippen LogP contribution in [0.3, 0.4) is 0 Å². The van der Waals surface area contributed by atoms with Crippen molar-refractivity contribution in [2.45, 2.75) is 25.7 Å². The van der Waals surface area contributed by atoms with Crippen molar-refractivity contribution < 1.29 is 30.0 Å². The summed E-state index contributed by atoms with van der Waals surface area (Å²) in [5.41, 5.74) is -0.123. The topological polar surface area (TPSA) is 115 Å². The van der Waals surface area contributed by atoms with Crippen molar-refractivity contribution in [1.29, 1.82) is 0 Å². The normalized spacial score (nSPS) is 14.0. The number of fused-ring (bicyclic) bond motifs is 1. The summed E-state index contributed by atoms with van der Waals surface area (Å²) in [5, 5.41) is 37.4. The third-order valence-electron chi connectivity index (χ3n) is 3.20. The zero-order valence-corrected chi connectivity index (χ0v) is 9.43. The summed E-state index contributed by atoms with van der Waals surface area (Å²) in [6.07, 6.45) is 2.25. The molecule has 0 heterocycles. The third-order valence-corrected chi connectivity index (χ3v) is 3.20. The summed E-state index contributed by atoms with van der Waals surface area (Å²) in [6.45, 7) is 0. The van der Waals surface area contributed by atoms with E-state index >= 15 is 0 Å². The number of carbonyl (C=O) groups is 2. The first-order valence-electron chi connectivity index (χ1n) is 5.51. The summed E-state index contributed by atoms with van der Waals surface area (Å²) in [7, 11) is 0. The molecule has 0 unspecified atom stereocenters. The van der Waals surface area contributed by atoms with Crippen LogP contribution in [0.5, 0.6) is 11.5 Å². The zero-order chi connectivity index (χ0) is 13.4. The van der Waals surface area contributed by atoms with Crippen LogP contribution < -0.4 is 0 Å². The third kappa shape index (κ3) is 1.66. The molecule has 0 bridgehead atoms. The highest BCUT2D eigenvalue weighted by Crippen LogP contribution is 2.41. The highest BCUT2D eigenvalue weighted by Gasteiger charge is 2.31. The van der Waals surface area contributed by atoms with Crippen molar-refractivity contribution in [2.75, 3.05) is 0 Å². The van der Waals surface area contributed by atoms with E-state index in [1.54, 1.807) is 0 Å². The zero-order valence-electron chi connectivity index (χ0n) is 9.43. The summed E-state index contributed by atoms with van der Waals surface area (Å²) in [5.74, 6) is -4.45. The maximum atomic E-state index is 11.1. The molecule has 2 rings (SSSR count). The van der Waals surface area contributed by atoms with Crippen molar-refractivity contribution in [3.05, 3.63) is 22.3 Å². The number of carboxylic acids is 2. The second-order valence-electron chi connectivity index (χ2n) is 4.22. The van der Waals surface area contributed by atoms with Gasteiger partial charge in [-0.05, 0) is 36.8 Å². The van der Waals surface area contributed by atoms with Crippen LogP contribution in [0.2, 0.25) is 0 Å². The van der Waals surface area contributed by atoms with Gasteiger partial charge in [-0.3, -0.25) is 0 Å². The van der Waals surface area contributed by atoms with Crippen LogP contribution in [0.4, 0.5) is 0 Å². The summed E-state index contributed by atoms with van der Waals surface area (Å²) >= 11 is 0. The Bertz CT molecular complexity index is 497. The van der Waals surface area contributed by atoms with E-state index in [0.29, 0.717) is 24.0 Å². The molecule has 4 N–H and O–H groups in total. The lowest BCUT2D eigenvalue weighted by molar-refractivity contribution is 0.0671. The van der Waals surface area contributed by atoms with E-state index in [4.69, 9.17) is 10.2 Å². The van der Waals surface area contributed by atoms with E-state index in [-0.39, 0.29) is 11.1 Å². The van der Waals surface area contributed by atoms with Gasteiger partial charge in [-0.1, -0.05) is 0 Å². The van der Waals surface area contributed by atoms with Crippen molar-refractivity contribution in [2.24, 2.45) is 0 Å². The first-order valence-corrected chi connectivity index (χ1v) is 5.51. The minimum atomic E-state index is -1.36. The van der Waals surface area contributed by atoms with Crippen LogP contribution in [0, 0.1) is 0 Å². The molecule has 0 saturated heterocycles. The molecule has 1 aliphatic rings. The van der Waals surface area contributed by atoms with E-state index in [9.17, 15) is 19.8 Å². The molecule has 0 saturated carbocycles. The van der Waals surface area contributed by atoms with Crippen LogP contribution in [0.25, 0.3) is 0 Å². The average molecular weight is 252 g/mol. The lowest BCUT2D eigenvalue weighted by Gasteiger charge is -2.21. The minimum Gasteiger partial charge on any atom is -0.504 e. The van der Waals surface area contributed by atoms with Crippen molar-refractivity contribution >= 4 is 11.9 Å². The standard InChI is InChI=1S/C12H12O6/c13-9-7(11(15)16)5-3-1-2-4-6(5)8(10(9)14)12(17)18/h13-14H,1-4H2,(H,15,16)(H,17,18). The van der Waals surface area contributed by atoms with Crippen molar-refractivity contribution in [3.63, 3.8) is 0 Å². The van der Waals surface area contributed by atoms with Gasteiger partial charge >= 0.3 is 11.9 Å². The quantitative estimate of drug-likeness (QED) is 0.591. The van der Waals surface area contributed by atoms with Gasteiger partial charge in [0, 0.05) is 0 Å². The smallest absolute Gasteiger partial charge is 0.339 e. The summed E-state index contributed by atoms with van der Waals surface area (Å²) in [4.78, 5) is 22.2. The van der Waals surface area contributed by atoms with E-state index in [1.807, 2.05) is 0 Å². The van der Waals surface area contributed by atoms with E-state index < -0.39 is 23.4 Å². The second kappa shape index (κ2) is 4.21. The lowest BCUT2D eigenvalue weighted by Crippen LogP contribution is -2.16. The van der Waals surface area contributed by atoms with Gasteiger partial charge in [0.05, 0.1) is 0 Å². The summed E-state index contributed by atoms with van der Waals surface area (Å²) < 4.78 is 0. The lowest BCUT2D eigenvalue weighted by atomic mass is 9.84. The molecular weight excluding hydrogens is 240 g/mol. The van der Waals surface area contributed by atoms with E-state index in [2.05, 4.69) is 0 Å². The molecule has 96 valence electrons. The molecule has 18 heavy (non-hydrogen) atoms. The molecule has 0 fully saturated rings. The molecule has 0 aliphatic heterocycles. The number of hydrogen-bond donors (Lipinski definition) is 4. The van der Waals surface area contributed by atoms with Crippen LogP contribution in [-0.2, 0) is 12.8 Å². The molecule has 0 radical (unpaired) electrons. The van der Waals surface area contributed by atoms with Crippen LogP contribution in [-0.4, -0.2) is 32.4 Å². The van der Waals surface area contributed by atoms with E-state index in [1.165, 1.54) is 0 Å². The van der Waals surface area contributed by atoms with Crippen LogP contribution in [0.1, 0.15) is 44.7 Å². The number of aromatic carboxylic acids is 2. The number of carboxylic acid groups (broad SMARTS) is 2. The first-order chi connectivity index (χ1) is 8.45. The Hall–Kier alpha value is -2.24. The highest BCUT2D eigenvalue weighted by atomic mass is 16.4.